The molecule has 0 amide bonds. The van der Waals surface area contributed by atoms with Crippen LogP contribution in [0.15, 0.2) is 10.8 Å². The van der Waals surface area contributed by atoms with E-state index >= 15 is 0 Å². The molecule has 7 heteroatoms. The summed E-state index contributed by atoms with van der Waals surface area (Å²) >= 11 is 0. The maximum absolute atomic E-state index is 12.2. The zero-order valence-corrected chi connectivity index (χ0v) is 16.3. The van der Waals surface area contributed by atoms with E-state index in [1.165, 1.54) is 0 Å². The Bertz CT molecular complexity index is 356. The van der Waals surface area contributed by atoms with Gasteiger partial charge in [-0.1, -0.05) is 26.7 Å². The summed E-state index contributed by atoms with van der Waals surface area (Å²) in [6.45, 7) is 11.2. The fourth-order valence-electron chi connectivity index (χ4n) is 2.50. The summed E-state index contributed by atoms with van der Waals surface area (Å²) in [7, 11) is -3.11. The third kappa shape index (κ3) is 6.72. The second-order valence-corrected chi connectivity index (χ2v) is 7.65. The van der Waals surface area contributed by atoms with Crippen LogP contribution in [0.1, 0.15) is 66.7 Å². The number of hydrogen-bond donors (Lipinski definition) is 1. The number of unbranched alkanes of at least 4 members (excludes halogenated alkanes) is 1. The normalized spacial score (nSPS) is 13.0. The predicted molar refractivity (Wildman–Crippen MR) is 92.4 cm³/mol. The Labute approximate surface area is 141 Å². The third-order valence-electron chi connectivity index (χ3n) is 3.37. The van der Waals surface area contributed by atoms with Crippen molar-refractivity contribution in [3.05, 3.63) is 10.8 Å². The Kier molecular flexibility index (Phi) is 12.3. The molecule has 0 aromatic carbocycles. The van der Waals surface area contributed by atoms with Crippen LogP contribution in [0.5, 0.6) is 0 Å². The standard InChI is InChI=1S/C16H33NO5Si/c1-6-11-13-14(16(18)22-17)15(12-7-2)23(19-8-3,20-9-4)21-10-5/h6-13,17H2,1-5H3. The molecule has 6 nitrogen and oxygen atoms in total. The van der Waals surface area contributed by atoms with Gasteiger partial charge in [0.05, 0.1) is 0 Å². The summed E-state index contributed by atoms with van der Waals surface area (Å²) in [4.78, 5) is 16.8. The number of carbonyl (C=O) groups excluding carboxylic acids is 1. The first-order valence-corrected chi connectivity index (χ1v) is 10.3. The Morgan fingerprint density at radius 2 is 1.39 bits per heavy atom. The second-order valence-electron chi connectivity index (χ2n) is 5.07. The van der Waals surface area contributed by atoms with E-state index in [-0.39, 0.29) is 0 Å². The lowest BCUT2D eigenvalue weighted by Crippen LogP contribution is -2.49. The molecule has 0 atom stereocenters. The minimum atomic E-state index is -3.11. The maximum Gasteiger partial charge on any atom is 0.533 e. The van der Waals surface area contributed by atoms with E-state index in [2.05, 4.69) is 11.8 Å². The highest BCUT2D eigenvalue weighted by Crippen LogP contribution is 2.30. The van der Waals surface area contributed by atoms with Gasteiger partial charge in [-0.05, 0) is 40.0 Å². The highest BCUT2D eigenvalue weighted by molar-refractivity contribution is 6.69. The fraction of sp³-hybridized carbons (Fsp3) is 0.812. The Hall–Kier alpha value is -0.733. The molecule has 0 fully saturated rings. The molecule has 0 unspecified atom stereocenters. The van der Waals surface area contributed by atoms with Gasteiger partial charge in [-0.3, -0.25) is 0 Å². The van der Waals surface area contributed by atoms with Crippen molar-refractivity contribution >= 4 is 14.8 Å². The van der Waals surface area contributed by atoms with Crippen molar-refractivity contribution in [1.29, 1.82) is 0 Å². The molecule has 0 spiro atoms. The van der Waals surface area contributed by atoms with Crippen LogP contribution in [0.3, 0.4) is 0 Å². The van der Waals surface area contributed by atoms with Crippen LogP contribution in [-0.4, -0.2) is 34.6 Å². The van der Waals surface area contributed by atoms with E-state index < -0.39 is 14.8 Å². The van der Waals surface area contributed by atoms with Crippen molar-refractivity contribution in [2.45, 2.75) is 66.7 Å². The van der Waals surface area contributed by atoms with Crippen LogP contribution >= 0.6 is 0 Å². The number of nitrogens with two attached hydrogens (primary N) is 1. The van der Waals surface area contributed by atoms with Crippen molar-refractivity contribution in [2.24, 2.45) is 5.90 Å². The number of carbonyl (C=O) groups is 1. The summed E-state index contributed by atoms with van der Waals surface area (Å²) in [6, 6.07) is 0. The van der Waals surface area contributed by atoms with Gasteiger partial charge in [-0.2, -0.15) is 5.90 Å². The third-order valence-corrected chi connectivity index (χ3v) is 6.67. The molecule has 136 valence electrons. The topological polar surface area (TPSA) is 80.0 Å². The second kappa shape index (κ2) is 12.7. The lowest BCUT2D eigenvalue weighted by atomic mass is 10.1. The molecule has 0 bridgehead atoms. The van der Waals surface area contributed by atoms with E-state index in [1.54, 1.807) is 0 Å². The van der Waals surface area contributed by atoms with Crippen LogP contribution in [-0.2, 0) is 22.9 Å². The Morgan fingerprint density at radius 3 is 1.74 bits per heavy atom. The molecular weight excluding hydrogens is 314 g/mol. The first-order valence-electron chi connectivity index (χ1n) is 8.61. The molecule has 0 rings (SSSR count). The van der Waals surface area contributed by atoms with Gasteiger partial charge in [0.1, 0.15) is 0 Å². The molecule has 0 aliphatic heterocycles. The van der Waals surface area contributed by atoms with Crippen LogP contribution in [0.25, 0.3) is 0 Å². The van der Waals surface area contributed by atoms with Crippen molar-refractivity contribution in [3.63, 3.8) is 0 Å². The summed E-state index contributed by atoms with van der Waals surface area (Å²) in [5.74, 6) is 4.64. The number of rotatable bonds is 13. The van der Waals surface area contributed by atoms with Gasteiger partial charge in [0, 0.05) is 30.6 Å². The highest BCUT2D eigenvalue weighted by Gasteiger charge is 2.47. The lowest BCUT2D eigenvalue weighted by Gasteiger charge is -2.32. The Balaban J connectivity index is 6.09. The molecule has 0 heterocycles. The maximum atomic E-state index is 12.2. The summed E-state index contributed by atoms with van der Waals surface area (Å²) < 4.78 is 17.9. The number of allylic oxidation sites excluding steroid dienone is 1. The van der Waals surface area contributed by atoms with Crippen molar-refractivity contribution in [3.8, 4) is 0 Å². The highest BCUT2D eigenvalue weighted by atomic mass is 28.4. The van der Waals surface area contributed by atoms with Crippen LogP contribution in [0, 0.1) is 0 Å². The molecule has 0 aromatic rings. The van der Waals surface area contributed by atoms with Crippen LogP contribution in [0.2, 0.25) is 0 Å². The molecule has 0 saturated heterocycles. The van der Waals surface area contributed by atoms with Gasteiger partial charge < -0.3 is 18.1 Å². The first kappa shape index (κ1) is 22.3. The van der Waals surface area contributed by atoms with Gasteiger partial charge in [-0.15, -0.1) is 0 Å². The fourth-order valence-corrected chi connectivity index (χ4v) is 5.56. The molecule has 23 heavy (non-hydrogen) atoms. The van der Waals surface area contributed by atoms with Crippen LogP contribution in [0.4, 0.5) is 0 Å². The zero-order chi connectivity index (χ0) is 17.7. The van der Waals surface area contributed by atoms with Crippen LogP contribution < -0.4 is 5.90 Å². The quantitative estimate of drug-likeness (QED) is 0.313. The molecule has 2 N–H and O–H groups in total. The SMILES string of the molecule is CCCCC(C(=O)ON)=C(CCC)[Si](OCC)(OCC)OCC. The molecule has 0 saturated carbocycles. The number of hydrogen-bond acceptors (Lipinski definition) is 6. The molecule has 0 aliphatic rings. The van der Waals surface area contributed by atoms with Gasteiger partial charge in [0.25, 0.3) is 0 Å². The zero-order valence-electron chi connectivity index (χ0n) is 15.3. The van der Waals surface area contributed by atoms with Gasteiger partial charge >= 0.3 is 14.8 Å². The first-order chi connectivity index (χ1) is 11.1. The van der Waals surface area contributed by atoms with Gasteiger partial charge in [0.15, 0.2) is 0 Å². The predicted octanol–water partition coefficient (Wildman–Crippen LogP) is 3.28. The molecular formula is C16H33NO5Si. The van der Waals surface area contributed by atoms with Crippen molar-refractivity contribution < 1.29 is 22.9 Å². The average molecular weight is 348 g/mol. The van der Waals surface area contributed by atoms with E-state index in [1.807, 2.05) is 27.7 Å². The molecule has 0 aliphatic carbocycles. The summed E-state index contributed by atoms with van der Waals surface area (Å²) in [6.07, 6.45) is 3.94. The lowest BCUT2D eigenvalue weighted by molar-refractivity contribution is -0.139. The van der Waals surface area contributed by atoms with E-state index in [0.717, 1.165) is 24.5 Å². The largest absolute Gasteiger partial charge is 0.533 e. The summed E-state index contributed by atoms with van der Waals surface area (Å²) in [5.41, 5.74) is 0.554. The van der Waals surface area contributed by atoms with E-state index in [4.69, 9.17) is 19.2 Å². The van der Waals surface area contributed by atoms with Crippen molar-refractivity contribution in [1.82, 2.24) is 0 Å². The molecule has 0 radical (unpaired) electrons. The van der Waals surface area contributed by atoms with Gasteiger partial charge in [-0.25, -0.2) is 4.79 Å². The van der Waals surface area contributed by atoms with E-state index in [0.29, 0.717) is 38.2 Å². The smallest absolute Gasteiger partial charge is 0.370 e. The summed E-state index contributed by atoms with van der Waals surface area (Å²) in [5, 5.41) is 0.814. The minimum absolute atomic E-state index is 0.457. The average Bonchev–Trinajstić information content (AvgIpc) is 2.54. The minimum Gasteiger partial charge on any atom is -0.370 e. The molecule has 0 aromatic heterocycles. The van der Waals surface area contributed by atoms with E-state index in [9.17, 15) is 4.79 Å². The van der Waals surface area contributed by atoms with Gasteiger partial charge in [0.2, 0.25) is 0 Å². The van der Waals surface area contributed by atoms with Crippen molar-refractivity contribution in [2.75, 3.05) is 19.8 Å². The monoisotopic (exact) mass is 347 g/mol. The Morgan fingerprint density at radius 1 is 0.870 bits per heavy atom.